The third-order valence-electron chi connectivity index (χ3n) is 4.00. The van der Waals surface area contributed by atoms with Crippen LogP contribution >= 0.6 is 0 Å². The van der Waals surface area contributed by atoms with Crippen LogP contribution in [0.1, 0.15) is 49.4 Å². The maximum absolute atomic E-state index is 11.2. The van der Waals surface area contributed by atoms with E-state index >= 15 is 0 Å². The Bertz CT molecular complexity index is 648. The Labute approximate surface area is 124 Å². The third-order valence-corrected chi connectivity index (χ3v) is 4.00. The standard InChI is InChI=1S/C16H22N2O3/c1-4-5-15-17-13-7-6-12(16(20)21)8-14(13)18(15)11(3)10(2)9-19/h6-8,10-11,19H,4-5,9H2,1-3H3,(H,20,21). The number of rotatable bonds is 6. The molecule has 2 atom stereocenters. The highest BCUT2D eigenvalue weighted by atomic mass is 16.4. The van der Waals surface area contributed by atoms with Crippen molar-refractivity contribution in [3.8, 4) is 0 Å². The monoisotopic (exact) mass is 290 g/mol. The summed E-state index contributed by atoms with van der Waals surface area (Å²) in [6.07, 6.45) is 1.80. The van der Waals surface area contributed by atoms with Crippen molar-refractivity contribution >= 4 is 17.0 Å². The highest BCUT2D eigenvalue weighted by Crippen LogP contribution is 2.27. The molecular formula is C16H22N2O3. The molecule has 1 heterocycles. The van der Waals surface area contributed by atoms with Gasteiger partial charge in [0.1, 0.15) is 5.82 Å². The van der Waals surface area contributed by atoms with Gasteiger partial charge in [-0.2, -0.15) is 0 Å². The summed E-state index contributed by atoms with van der Waals surface area (Å²) in [4.78, 5) is 15.8. The summed E-state index contributed by atoms with van der Waals surface area (Å²) in [5.74, 6) is 0.0823. The van der Waals surface area contributed by atoms with Gasteiger partial charge in [-0.3, -0.25) is 0 Å². The van der Waals surface area contributed by atoms with E-state index in [9.17, 15) is 9.90 Å². The van der Waals surface area contributed by atoms with Crippen molar-refractivity contribution in [1.82, 2.24) is 9.55 Å². The topological polar surface area (TPSA) is 75.3 Å². The molecule has 0 spiro atoms. The molecule has 0 saturated heterocycles. The lowest BCUT2D eigenvalue weighted by atomic mass is 10.0. The summed E-state index contributed by atoms with van der Waals surface area (Å²) in [6.45, 7) is 6.19. The molecular weight excluding hydrogens is 268 g/mol. The van der Waals surface area contributed by atoms with Gasteiger partial charge in [-0.1, -0.05) is 13.8 Å². The zero-order chi connectivity index (χ0) is 15.6. The van der Waals surface area contributed by atoms with E-state index in [0.717, 1.165) is 29.7 Å². The summed E-state index contributed by atoms with van der Waals surface area (Å²) in [5.41, 5.74) is 1.89. The number of carbonyl (C=O) groups is 1. The Kier molecular flexibility index (Phi) is 4.63. The maximum Gasteiger partial charge on any atom is 0.335 e. The van der Waals surface area contributed by atoms with Gasteiger partial charge in [-0.25, -0.2) is 9.78 Å². The van der Waals surface area contributed by atoms with E-state index in [0.29, 0.717) is 0 Å². The van der Waals surface area contributed by atoms with Crippen LogP contribution in [0, 0.1) is 5.92 Å². The van der Waals surface area contributed by atoms with E-state index in [1.807, 2.05) is 13.8 Å². The van der Waals surface area contributed by atoms with Crippen molar-refractivity contribution in [1.29, 1.82) is 0 Å². The molecule has 2 N–H and O–H groups in total. The van der Waals surface area contributed by atoms with Gasteiger partial charge in [-0.05, 0) is 37.5 Å². The smallest absolute Gasteiger partial charge is 0.335 e. The molecule has 0 aliphatic rings. The number of aliphatic hydroxyl groups excluding tert-OH is 1. The zero-order valence-electron chi connectivity index (χ0n) is 12.7. The third kappa shape index (κ3) is 2.93. The van der Waals surface area contributed by atoms with Crippen molar-refractivity contribution in [3.63, 3.8) is 0 Å². The molecule has 2 rings (SSSR count). The molecule has 2 aromatic rings. The summed E-state index contributed by atoms with van der Waals surface area (Å²) < 4.78 is 2.08. The summed E-state index contributed by atoms with van der Waals surface area (Å²) in [5, 5.41) is 18.6. The first kappa shape index (κ1) is 15.5. The predicted molar refractivity (Wildman–Crippen MR) is 81.6 cm³/mol. The van der Waals surface area contributed by atoms with Crippen LogP contribution in [-0.2, 0) is 6.42 Å². The first-order valence-corrected chi connectivity index (χ1v) is 7.34. The number of aromatic carboxylic acids is 1. The van der Waals surface area contributed by atoms with Gasteiger partial charge in [-0.15, -0.1) is 0 Å². The maximum atomic E-state index is 11.2. The fourth-order valence-corrected chi connectivity index (χ4v) is 2.54. The number of hydrogen-bond acceptors (Lipinski definition) is 3. The van der Waals surface area contributed by atoms with Crippen molar-refractivity contribution in [2.75, 3.05) is 6.61 Å². The van der Waals surface area contributed by atoms with Crippen LogP contribution in [0.4, 0.5) is 0 Å². The Morgan fingerprint density at radius 2 is 2.10 bits per heavy atom. The normalized spacial score (nSPS) is 14.3. The van der Waals surface area contributed by atoms with Gasteiger partial charge in [0, 0.05) is 19.1 Å². The summed E-state index contributed by atoms with van der Waals surface area (Å²) in [6, 6.07) is 5.07. The Balaban J connectivity index is 2.64. The lowest BCUT2D eigenvalue weighted by Crippen LogP contribution is -2.19. The van der Waals surface area contributed by atoms with E-state index in [-0.39, 0.29) is 24.1 Å². The van der Waals surface area contributed by atoms with Crippen LogP contribution in [0.5, 0.6) is 0 Å². The molecule has 0 bridgehead atoms. The minimum absolute atomic E-state index is 0.0607. The van der Waals surface area contributed by atoms with Crippen molar-refractivity contribution < 1.29 is 15.0 Å². The molecule has 0 radical (unpaired) electrons. The Hall–Kier alpha value is -1.88. The zero-order valence-corrected chi connectivity index (χ0v) is 12.7. The lowest BCUT2D eigenvalue weighted by Gasteiger charge is -2.22. The van der Waals surface area contributed by atoms with E-state index < -0.39 is 5.97 Å². The van der Waals surface area contributed by atoms with E-state index in [2.05, 4.69) is 16.5 Å². The number of nitrogens with zero attached hydrogens (tertiary/aromatic N) is 2. The molecule has 0 aliphatic carbocycles. The molecule has 5 nitrogen and oxygen atoms in total. The van der Waals surface area contributed by atoms with Crippen molar-refractivity contribution in [2.45, 2.75) is 39.7 Å². The first-order valence-electron chi connectivity index (χ1n) is 7.34. The molecule has 1 aromatic heterocycles. The molecule has 1 aromatic carbocycles. The van der Waals surface area contributed by atoms with Gasteiger partial charge >= 0.3 is 5.97 Å². The molecule has 0 fully saturated rings. The number of aryl methyl sites for hydroxylation is 1. The minimum atomic E-state index is -0.940. The van der Waals surface area contributed by atoms with E-state index in [4.69, 9.17) is 5.11 Å². The molecule has 0 amide bonds. The SMILES string of the molecule is CCCc1nc2ccc(C(=O)O)cc2n1C(C)C(C)CO. The minimum Gasteiger partial charge on any atom is -0.478 e. The second-order valence-corrected chi connectivity index (χ2v) is 5.56. The number of benzene rings is 1. The molecule has 5 heteroatoms. The number of imidazole rings is 1. The Morgan fingerprint density at radius 1 is 1.38 bits per heavy atom. The summed E-state index contributed by atoms with van der Waals surface area (Å²) in [7, 11) is 0. The van der Waals surface area contributed by atoms with Crippen LogP contribution in [0.2, 0.25) is 0 Å². The van der Waals surface area contributed by atoms with Gasteiger partial charge in [0.15, 0.2) is 0 Å². The predicted octanol–water partition coefficient (Wildman–Crippen LogP) is 2.88. The van der Waals surface area contributed by atoms with Crippen molar-refractivity contribution in [2.24, 2.45) is 5.92 Å². The van der Waals surface area contributed by atoms with Gasteiger partial charge in [0.05, 0.1) is 16.6 Å². The number of fused-ring (bicyclic) bond motifs is 1. The molecule has 0 saturated carbocycles. The number of carboxylic acids is 1. The fraction of sp³-hybridized carbons (Fsp3) is 0.500. The highest BCUT2D eigenvalue weighted by Gasteiger charge is 2.20. The van der Waals surface area contributed by atoms with Gasteiger partial charge in [0.2, 0.25) is 0 Å². The molecule has 21 heavy (non-hydrogen) atoms. The van der Waals surface area contributed by atoms with Gasteiger partial charge in [0.25, 0.3) is 0 Å². The number of hydrogen-bond donors (Lipinski definition) is 2. The molecule has 114 valence electrons. The molecule has 0 aliphatic heterocycles. The van der Waals surface area contributed by atoms with E-state index in [1.165, 1.54) is 0 Å². The number of carboxylic acid groups (broad SMARTS) is 1. The van der Waals surface area contributed by atoms with Crippen LogP contribution in [-0.4, -0.2) is 32.3 Å². The van der Waals surface area contributed by atoms with Crippen LogP contribution < -0.4 is 0 Å². The van der Waals surface area contributed by atoms with Crippen LogP contribution in [0.25, 0.3) is 11.0 Å². The van der Waals surface area contributed by atoms with E-state index in [1.54, 1.807) is 18.2 Å². The largest absolute Gasteiger partial charge is 0.478 e. The number of aliphatic hydroxyl groups is 1. The summed E-state index contributed by atoms with van der Waals surface area (Å²) >= 11 is 0. The fourth-order valence-electron chi connectivity index (χ4n) is 2.54. The van der Waals surface area contributed by atoms with Crippen LogP contribution in [0.15, 0.2) is 18.2 Å². The number of aromatic nitrogens is 2. The van der Waals surface area contributed by atoms with Crippen molar-refractivity contribution in [3.05, 3.63) is 29.6 Å². The molecule has 2 unspecified atom stereocenters. The van der Waals surface area contributed by atoms with Gasteiger partial charge < -0.3 is 14.8 Å². The highest BCUT2D eigenvalue weighted by molar-refractivity contribution is 5.92. The average molecular weight is 290 g/mol. The lowest BCUT2D eigenvalue weighted by molar-refractivity contribution is 0.0697. The Morgan fingerprint density at radius 3 is 2.67 bits per heavy atom. The quantitative estimate of drug-likeness (QED) is 0.857. The first-order chi connectivity index (χ1) is 9.99. The second-order valence-electron chi connectivity index (χ2n) is 5.56. The van der Waals surface area contributed by atoms with Crippen LogP contribution in [0.3, 0.4) is 0 Å². The second kappa shape index (κ2) is 6.26. The average Bonchev–Trinajstić information content (AvgIpc) is 2.82.